The number of nitrogens with zero attached hydrogens (tertiary/aromatic N) is 1. The molecule has 4 nitrogen and oxygen atoms in total. The standard InChI is InChI=1S/C16H14ClN3O/c17-12-6-2-1-5-11(12)9-16(21)18-10-15-19-13-7-3-4-8-14(13)20-15/h1-8H,9-10H2,(H,18,21)(H,19,20). The van der Waals surface area contributed by atoms with Crippen LogP contribution in [0, 0.1) is 0 Å². The minimum absolute atomic E-state index is 0.0800. The lowest BCUT2D eigenvalue weighted by atomic mass is 10.1. The van der Waals surface area contributed by atoms with Gasteiger partial charge in [0.2, 0.25) is 5.91 Å². The van der Waals surface area contributed by atoms with Crippen molar-refractivity contribution in [2.24, 2.45) is 0 Å². The summed E-state index contributed by atoms with van der Waals surface area (Å²) >= 11 is 6.04. The fraction of sp³-hybridized carbons (Fsp3) is 0.125. The molecule has 0 aliphatic heterocycles. The molecule has 5 heteroatoms. The van der Waals surface area contributed by atoms with E-state index in [1.807, 2.05) is 42.5 Å². The molecule has 2 aromatic carbocycles. The van der Waals surface area contributed by atoms with Crippen molar-refractivity contribution in [1.29, 1.82) is 0 Å². The van der Waals surface area contributed by atoms with Crippen LogP contribution in [0.1, 0.15) is 11.4 Å². The summed E-state index contributed by atoms with van der Waals surface area (Å²) in [6.45, 7) is 0.373. The fourth-order valence-electron chi connectivity index (χ4n) is 2.15. The van der Waals surface area contributed by atoms with Crippen molar-refractivity contribution in [3.05, 3.63) is 64.9 Å². The van der Waals surface area contributed by atoms with Gasteiger partial charge in [-0.25, -0.2) is 4.98 Å². The Labute approximate surface area is 127 Å². The highest BCUT2D eigenvalue weighted by molar-refractivity contribution is 6.31. The number of benzene rings is 2. The van der Waals surface area contributed by atoms with Gasteiger partial charge < -0.3 is 10.3 Å². The van der Waals surface area contributed by atoms with E-state index in [-0.39, 0.29) is 12.3 Å². The second-order valence-corrected chi connectivity index (χ2v) is 5.15. The molecule has 21 heavy (non-hydrogen) atoms. The van der Waals surface area contributed by atoms with Gasteiger partial charge in [0.25, 0.3) is 0 Å². The lowest BCUT2D eigenvalue weighted by Gasteiger charge is -2.05. The van der Waals surface area contributed by atoms with Crippen LogP contribution in [0.2, 0.25) is 5.02 Å². The number of fused-ring (bicyclic) bond motifs is 1. The Bertz CT molecular complexity index is 749. The summed E-state index contributed by atoms with van der Waals surface area (Å²) in [6, 6.07) is 15.1. The number of halogens is 1. The van der Waals surface area contributed by atoms with Crippen molar-refractivity contribution in [1.82, 2.24) is 15.3 Å². The maximum atomic E-state index is 11.9. The first-order valence-electron chi connectivity index (χ1n) is 6.66. The van der Waals surface area contributed by atoms with Gasteiger partial charge in [-0.1, -0.05) is 41.9 Å². The highest BCUT2D eigenvalue weighted by Gasteiger charge is 2.08. The van der Waals surface area contributed by atoms with E-state index in [1.165, 1.54) is 0 Å². The second-order valence-electron chi connectivity index (χ2n) is 4.75. The fourth-order valence-corrected chi connectivity index (χ4v) is 2.35. The SMILES string of the molecule is O=C(Cc1ccccc1Cl)NCc1nc2ccccc2[nH]1. The zero-order valence-corrected chi connectivity index (χ0v) is 12.0. The first-order chi connectivity index (χ1) is 10.2. The monoisotopic (exact) mass is 299 g/mol. The quantitative estimate of drug-likeness (QED) is 0.778. The molecule has 0 unspecified atom stereocenters. The van der Waals surface area contributed by atoms with Gasteiger partial charge in [-0.15, -0.1) is 0 Å². The molecule has 0 saturated carbocycles. The van der Waals surface area contributed by atoms with Crippen molar-refractivity contribution < 1.29 is 4.79 Å². The molecule has 106 valence electrons. The molecule has 1 heterocycles. The van der Waals surface area contributed by atoms with Crippen molar-refractivity contribution in [2.45, 2.75) is 13.0 Å². The maximum absolute atomic E-state index is 11.9. The van der Waals surface area contributed by atoms with Crippen LogP contribution in [0.25, 0.3) is 11.0 Å². The largest absolute Gasteiger partial charge is 0.349 e. The number of nitrogens with one attached hydrogen (secondary N) is 2. The van der Waals surface area contributed by atoms with E-state index in [2.05, 4.69) is 15.3 Å². The predicted octanol–water partition coefficient (Wildman–Crippen LogP) is 3.08. The van der Waals surface area contributed by atoms with Gasteiger partial charge >= 0.3 is 0 Å². The van der Waals surface area contributed by atoms with Crippen molar-refractivity contribution in [3.8, 4) is 0 Å². The lowest BCUT2D eigenvalue weighted by Crippen LogP contribution is -2.25. The molecule has 1 amide bonds. The number of hydrogen-bond acceptors (Lipinski definition) is 2. The molecule has 0 aliphatic rings. The van der Waals surface area contributed by atoms with Gasteiger partial charge in [0.15, 0.2) is 0 Å². The molecule has 0 fully saturated rings. The summed E-state index contributed by atoms with van der Waals surface area (Å²) in [5.41, 5.74) is 2.68. The summed E-state index contributed by atoms with van der Waals surface area (Å²) < 4.78 is 0. The van der Waals surface area contributed by atoms with E-state index < -0.39 is 0 Å². The van der Waals surface area contributed by atoms with Gasteiger partial charge in [-0.05, 0) is 23.8 Å². The Hall–Kier alpha value is -2.33. The molecule has 0 bridgehead atoms. The van der Waals surface area contributed by atoms with Crippen LogP contribution in [0.4, 0.5) is 0 Å². The number of imidazole rings is 1. The number of aromatic nitrogens is 2. The zero-order chi connectivity index (χ0) is 14.7. The number of hydrogen-bond donors (Lipinski definition) is 2. The normalized spacial score (nSPS) is 10.7. The molecule has 2 N–H and O–H groups in total. The van der Waals surface area contributed by atoms with E-state index in [0.29, 0.717) is 11.6 Å². The maximum Gasteiger partial charge on any atom is 0.224 e. The third-order valence-corrected chi connectivity index (χ3v) is 3.57. The lowest BCUT2D eigenvalue weighted by molar-refractivity contribution is -0.120. The predicted molar refractivity (Wildman–Crippen MR) is 83.1 cm³/mol. The van der Waals surface area contributed by atoms with Gasteiger partial charge in [0, 0.05) is 5.02 Å². The van der Waals surface area contributed by atoms with Crippen molar-refractivity contribution in [2.75, 3.05) is 0 Å². The Morgan fingerprint density at radius 2 is 1.90 bits per heavy atom. The van der Waals surface area contributed by atoms with Gasteiger partial charge in [0.05, 0.1) is 24.0 Å². The number of carbonyl (C=O) groups is 1. The summed E-state index contributed by atoms with van der Waals surface area (Å²) in [7, 11) is 0. The highest BCUT2D eigenvalue weighted by Crippen LogP contribution is 2.15. The van der Waals surface area contributed by atoms with E-state index >= 15 is 0 Å². The average molecular weight is 300 g/mol. The number of H-pyrrole nitrogens is 1. The van der Waals surface area contributed by atoms with Crippen LogP contribution in [-0.2, 0) is 17.8 Å². The molecule has 3 rings (SSSR count). The van der Waals surface area contributed by atoms with Crippen LogP contribution in [0.15, 0.2) is 48.5 Å². The van der Waals surface area contributed by atoms with Crippen LogP contribution in [-0.4, -0.2) is 15.9 Å². The molecule has 0 atom stereocenters. The first-order valence-corrected chi connectivity index (χ1v) is 7.04. The van der Waals surface area contributed by atoms with E-state index in [1.54, 1.807) is 6.07 Å². The van der Waals surface area contributed by atoms with Crippen molar-refractivity contribution >= 4 is 28.5 Å². The summed E-state index contributed by atoms with van der Waals surface area (Å²) in [6.07, 6.45) is 0.264. The highest BCUT2D eigenvalue weighted by atomic mass is 35.5. The Morgan fingerprint density at radius 1 is 1.14 bits per heavy atom. The van der Waals surface area contributed by atoms with E-state index in [9.17, 15) is 4.79 Å². The third kappa shape index (κ3) is 3.23. The van der Waals surface area contributed by atoms with Crippen LogP contribution in [0.5, 0.6) is 0 Å². The Balaban J connectivity index is 1.62. The minimum atomic E-state index is -0.0800. The summed E-state index contributed by atoms with van der Waals surface area (Å²) in [4.78, 5) is 19.5. The molecular weight excluding hydrogens is 286 g/mol. The number of aromatic amines is 1. The van der Waals surface area contributed by atoms with Crippen molar-refractivity contribution in [3.63, 3.8) is 0 Å². The number of rotatable bonds is 4. The van der Waals surface area contributed by atoms with Crippen LogP contribution >= 0.6 is 11.6 Å². The minimum Gasteiger partial charge on any atom is -0.349 e. The molecule has 1 aromatic heterocycles. The number of carbonyl (C=O) groups excluding carboxylic acids is 1. The average Bonchev–Trinajstić information content (AvgIpc) is 2.90. The van der Waals surface area contributed by atoms with Crippen LogP contribution in [0.3, 0.4) is 0 Å². The molecular formula is C16H14ClN3O. The summed E-state index contributed by atoms with van der Waals surface area (Å²) in [5, 5.41) is 3.45. The van der Waals surface area contributed by atoms with Crippen LogP contribution < -0.4 is 5.32 Å². The topological polar surface area (TPSA) is 57.8 Å². The third-order valence-electron chi connectivity index (χ3n) is 3.20. The zero-order valence-electron chi connectivity index (χ0n) is 11.3. The molecule has 0 saturated heterocycles. The number of para-hydroxylation sites is 2. The molecule has 0 radical (unpaired) electrons. The second kappa shape index (κ2) is 5.97. The van der Waals surface area contributed by atoms with Gasteiger partial charge in [-0.2, -0.15) is 0 Å². The smallest absolute Gasteiger partial charge is 0.224 e. The summed E-state index contributed by atoms with van der Waals surface area (Å²) in [5.74, 6) is 0.660. The Kier molecular flexibility index (Phi) is 3.88. The van der Waals surface area contributed by atoms with Gasteiger partial charge in [0.1, 0.15) is 5.82 Å². The first kappa shape index (κ1) is 13.6. The number of amides is 1. The van der Waals surface area contributed by atoms with E-state index in [0.717, 1.165) is 22.4 Å². The Morgan fingerprint density at radius 3 is 2.71 bits per heavy atom. The van der Waals surface area contributed by atoms with Gasteiger partial charge in [-0.3, -0.25) is 4.79 Å². The van der Waals surface area contributed by atoms with E-state index in [4.69, 9.17) is 11.6 Å². The molecule has 0 aliphatic carbocycles. The molecule has 3 aromatic rings. The molecule has 0 spiro atoms.